The van der Waals surface area contributed by atoms with Crippen LogP contribution in [0.5, 0.6) is 0 Å². The molecule has 0 aliphatic carbocycles. The second kappa shape index (κ2) is 8.49. The number of hydrogen-bond acceptors (Lipinski definition) is 7. The summed E-state index contributed by atoms with van der Waals surface area (Å²) in [6.07, 6.45) is -0.459. The number of carbonyl (C=O) groups is 3. The number of carbonyl (C=O) groups excluding carboxylic acids is 3. The Hall–Kier alpha value is -2.84. The highest BCUT2D eigenvalue weighted by atomic mass is 32.2. The number of thioether (sulfide) groups is 1. The molecule has 1 amide bonds. The highest BCUT2D eigenvalue weighted by Gasteiger charge is 2.56. The summed E-state index contributed by atoms with van der Waals surface area (Å²) in [6, 6.07) is 17.2. The van der Waals surface area contributed by atoms with Crippen LogP contribution < -0.4 is 5.73 Å². The number of β-lactam (4-membered cyclic amide) rings is 1. The van der Waals surface area contributed by atoms with Crippen molar-refractivity contribution in [1.29, 1.82) is 0 Å². The molecule has 30 heavy (non-hydrogen) atoms. The van der Waals surface area contributed by atoms with Gasteiger partial charge in [-0.25, -0.2) is 4.79 Å². The second-order valence-electron chi connectivity index (χ2n) is 7.23. The first-order valence-electron chi connectivity index (χ1n) is 9.66. The lowest BCUT2D eigenvalue weighted by molar-refractivity contribution is -0.169. The number of nitrogens with zero attached hydrogens (tertiary/aromatic N) is 1. The van der Waals surface area contributed by atoms with Crippen molar-refractivity contribution in [3.63, 3.8) is 0 Å². The SMILES string of the molecule is CC(=O)OC1CC(C(=O)OC(c2ccccc2)c2ccccc2)N2C(=O)[C@@H](N)[C@H]2S1. The van der Waals surface area contributed by atoms with Crippen LogP contribution in [0.3, 0.4) is 0 Å². The van der Waals surface area contributed by atoms with E-state index in [4.69, 9.17) is 15.2 Å². The maximum absolute atomic E-state index is 13.2. The highest BCUT2D eigenvalue weighted by Crippen LogP contribution is 2.42. The van der Waals surface area contributed by atoms with Gasteiger partial charge in [-0.3, -0.25) is 9.59 Å². The maximum atomic E-state index is 13.2. The summed E-state index contributed by atoms with van der Waals surface area (Å²) >= 11 is 1.28. The first-order chi connectivity index (χ1) is 14.5. The van der Waals surface area contributed by atoms with E-state index in [2.05, 4.69) is 0 Å². The van der Waals surface area contributed by atoms with Gasteiger partial charge in [0, 0.05) is 13.3 Å². The Morgan fingerprint density at radius 1 is 1.07 bits per heavy atom. The van der Waals surface area contributed by atoms with Crippen molar-refractivity contribution in [3.05, 3.63) is 71.8 Å². The van der Waals surface area contributed by atoms with Gasteiger partial charge in [0.05, 0.1) is 0 Å². The lowest BCUT2D eigenvalue weighted by Crippen LogP contribution is -2.73. The van der Waals surface area contributed by atoms with Gasteiger partial charge in [-0.2, -0.15) is 0 Å². The average molecular weight is 426 g/mol. The molecular weight excluding hydrogens is 404 g/mol. The smallest absolute Gasteiger partial charge is 0.330 e. The standard InChI is InChI=1S/C22H22N2O5S/c1-13(25)28-17-12-16(24-20(26)18(23)21(24)30-17)22(27)29-19(14-8-4-2-5-9-14)15-10-6-3-7-11-15/h2-11,16-19,21H,12,23H2,1H3/t16?,17?,18-,21-/m1/s1. The number of ether oxygens (including phenoxy) is 2. The molecule has 0 bridgehead atoms. The molecule has 0 spiro atoms. The fourth-order valence-electron chi connectivity index (χ4n) is 3.75. The average Bonchev–Trinajstić information content (AvgIpc) is 2.77. The number of fused-ring (bicyclic) bond motifs is 1. The molecule has 2 fully saturated rings. The fraction of sp³-hybridized carbons (Fsp3) is 0.318. The monoisotopic (exact) mass is 426 g/mol. The molecule has 7 nitrogen and oxygen atoms in total. The lowest BCUT2D eigenvalue weighted by atomic mass is 10.00. The third-order valence-electron chi connectivity index (χ3n) is 5.17. The molecule has 4 atom stereocenters. The van der Waals surface area contributed by atoms with Crippen molar-refractivity contribution in [3.8, 4) is 0 Å². The van der Waals surface area contributed by atoms with Crippen molar-refractivity contribution >= 4 is 29.6 Å². The van der Waals surface area contributed by atoms with Gasteiger partial charge >= 0.3 is 11.9 Å². The molecule has 2 N–H and O–H groups in total. The molecule has 0 saturated carbocycles. The van der Waals surface area contributed by atoms with Crippen LogP contribution in [-0.2, 0) is 23.9 Å². The van der Waals surface area contributed by atoms with Crippen LogP contribution in [0.2, 0.25) is 0 Å². The van der Waals surface area contributed by atoms with E-state index in [1.54, 1.807) is 0 Å². The zero-order valence-corrected chi connectivity index (χ0v) is 17.2. The predicted octanol–water partition coefficient (Wildman–Crippen LogP) is 2.21. The summed E-state index contributed by atoms with van der Waals surface area (Å²) in [5.41, 5.74) is 6.99. The van der Waals surface area contributed by atoms with Gasteiger partial charge in [-0.05, 0) is 11.1 Å². The molecule has 2 aliphatic rings. The third kappa shape index (κ3) is 3.93. The molecule has 2 saturated heterocycles. The second-order valence-corrected chi connectivity index (χ2v) is 8.51. The quantitative estimate of drug-likeness (QED) is 0.578. The molecule has 4 rings (SSSR count). The Balaban J connectivity index is 1.59. The Kier molecular flexibility index (Phi) is 5.78. The number of amides is 1. The molecule has 2 aromatic rings. The van der Waals surface area contributed by atoms with Crippen LogP contribution in [0.25, 0.3) is 0 Å². The van der Waals surface area contributed by atoms with Crippen LogP contribution in [0.4, 0.5) is 0 Å². The molecular formula is C22H22N2O5S. The molecule has 2 heterocycles. The van der Waals surface area contributed by atoms with Crippen LogP contribution in [0.1, 0.15) is 30.6 Å². The minimum Gasteiger partial charge on any atom is -0.451 e. The van der Waals surface area contributed by atoms with Gasteiger partial charge in [0.15, 0.2) is 11.5 Å². The van der Waals surface area contributed by atoms with Gasteiger partial charge in [0.2, 0.25) is 5.91 Å². The Morgan fingerprint density at radius 2 is 1.63 bits per heavy atom. The molecule has 2 aliphatic heterocycles. The Morgan fingerprint density at radius 3 is 2.17 bits per heavy atom. The van der Waals surface area contributed by atoms with Crippen molar-refractivity contribution in [1.82, 2.24) is 4.90 Å². The normalized spacial score (nSPS) is 25.3. The molecule has 8 heteroatoms. The predicted molar refractivity (Wildman–Crippen MR) is 111 cm³/mol. The van der Waals surface area contributed by atoms with Crippen molar-refractivity contribution in [2.24, 2.45) is 5.73 Å². The number of hydrogen-bond donors (Lipinski definition) is 1. The molecule has 0 radical (unpaired) electrons. The van der Waals surface area contributed by atoms with E-state index in [9.17, 15) is 14.4 Å². The summed E-state index contributed by atoms with van der Waals surface area (Å²) in [6.45, 7) is 1.31. The van der Waals surface area contributed by atoms with Gasteiger partial charge in [-0.1, -0.05) is 72.4 Å². The zero-order valence-electron chi connectivity index (χ0n) is 16.3. The van der Waals surface area contributed by atoms with Gasteiger partial charge in [0.25, 0.3) is 0 Å². The third-order valence-corrected chi connectivity index (χ3v) is 6.56. The number of rotatable bonds is 5. The van der Waals surface area contributed by atoms with Crippen LogP contribution >= 0.6 is 11.8 Å². The highest BCUT2D eigenvalue weighted by molar-refractivity contribution is 8.00. The first-order valence-corrected chi connectivity index (χ1v) is 10.6. The largest absolute Gasteiger partial charge is 0.451 e. The number of benzene rings is 2. The Labute approximate surface area is 178 Å². The van der Waals surface area contributed by atoms with E-state index in [0.29, 0.717) is 0 Å². The zero-order chi connectivity index (χ0) is 21.3. The summed E-state index contributed by atoms with van der Waals surface area (Å²) in [5, 5.41) is -0.417. The minimum atomic E-state index is -0.858. The van der Waals surface area contributed by atoms with Crippen LogP contribution in [-0.4, -0.2) is 45.6 Å². The van der Waals surface area contributed by atoms with Gasteiger partial charge < -0.3 is 20.1 Å². The summed E-state index contributed by atoms with van der Waals surface area (Å²) in [7, 11) is 0. The first kappa shape index (κ1) is 20.4. The minimum absolute atomic E-state index is 0.161. The molecule has 156 valence electrons. The van der Waals surface area contributed by atoms with E-state index in [-0.39, 0.29) is 12.3 Å². The van der Waals surface area contributed by atoms with E-state index < -0.39 is 40.9 Å². The van der Waals surface area contributed by atoms with E-state index in [1.807, 2.05) is 60.7 Å². The molecule has 2 unspecified atom stereocenters. The summed E-state index contributed by atoms with van der Waals surface area (Å²) in [4.78, 5) is 38.4. The number of nitrogens with two attached hydrogens (primary N) is 1. The number of esters is 2. The van der Waals surface area contributed by atoms with Gasteiger partial charge in [-0.15, -0.1) is 0 Å². The van der Waals surface area contributed by atoms with Crippen molar-refractivity contribution < 1.29 is 23.9 Å². The lowest BCUT2D eigenvalue weighted by Gasteiger charge is -2.52. The van der Waals surface area contributed by atoms with Crippen LogP contribution in [0.15, 0.2) is 60.7 Å². The van der Waals surface area contributed by atoms with E-state index in [1.165, 1.54) is 23.6 Å². The fourth-order valence-corrected chi connectivity index (χ4v) is 5.21. The Bertz CT molecular complexity index is 900. The summed E-state index contributed by atoms with van der Waals surface area (Å²) in [5.74, 6) is -1.29. The summed E-state index contributed by atoms with van der Waals surface area (Å²) < 4.78 is 11.2. The van der Waals surface area contributed by atoms with E-state index >= 15 is 0 Å². The van der Waals surface area contributed by atoms with Crippen LogP contribution in [0, 0.1) is 0 Å². The maximum Gasteiger partial charge on any atom is 0.330 e. The molecule has 2 aromatic carbocycles. The van der Waals surface area contributed by atoms with Crippen molar-refractivity contribution in [2.75, 3.05) is 0 Å². The molecule has 0 aromatic heterocycles. The topological polar surface area (TPSA) is 98.9 Å². The van der Waals surface area contributed by atoms with Crippen molar-refractivity contribution in [2.45, 2.75) is 42.3 Å². The van der Waals surface area contributed by atoms with E-state index in [0.717, 1.165) is 11.1 Å². The van der Waals surface area contributed by atoms with Gasteiger partial charge in [0.1, 0.15) is 17.5 Å².